The molecule has 1 heterocycles. The quantitative estimate of drug-likeness (QED) is 0.713. The lowest BCUT2D eigenvalue weighted by molar-refractivity contribution is 0.193. The highest BCUT2D eigenvalue weighted by Crippen LogP contribution is 2.21. The number of pyridine rings is 1. The van der Waals surface area contributed by atoms with E-state index in [9.17, 15) is 0 Å². The minimum atomic E-state index is 0.835. The maximum Gasteiger partial charge on any atom is 0.0406 e. The predicted octanol–water partition coefficient (Wildman–Crippen LogP) is 3.48. The first-order valence-corrected chi connectivity index (χ1v) is 7.28. The molecular weight excluding hydrogens is 220 g/mol. The first-order chi connectivity index (χ1) is 8.86. The van der Waals surface area contributed by atoms with Gasteiger partial charge in [0.05, 0.1) is 0 Å². The lowest BCUT2D eigenvalue weighted by Gasteiger charge is -2.31. The van der Waals surface area contributed by atoms with Crippen molar-refractivity contribution in [1.82, 2.24) is 9.88 Å². The van der Waals surface area contributed by atoms with Crippen LogP contribution in [0.15, 0.2) is 24.4 Å². The number of rotatable bonds is 6. The number of nitrogens with zero attached hydrogens (tertiary/aromatic N) is 2. The minimum absolute atomic E-state index is 0.835. The Hall–Kier alpha value is -0.890. The van der Waals surface area contributed by atoms with Gasteiger partial charge in [-0.05, 0) is 57.8 Å². The lowest BCUT2D eigenvalue weighted by Crippen LogP contribution is -2.34. The summed E-state index contributed by atoms with van der Waals surface area (Å²) in [7, 11) is 2.28. The Labute approximate surface area is 111 Å². The van der Waals surface area contributed by atoms with Crippen molar-refractivity contribution in [3.05, 3.63) is 36.5 Å². The van der Waals surface area contributed by atoms with Gasteiger partial charge < -0.3 is 4.90 Å². The third-order valence-electron chi connectivity index (χ3n) is 3.96. The molecule has 1 aliphatic carbocycles. The largest absolute Gasteiger partial charge is 0.303 e. The topological polar surface area (TPSA) is 16.1 Å². The van der Waals surface area contributed by atoms with Gasteiger partial charge in [-0.3, -0.25) is 4.98 Å². The molecule has 1 fully saturated rings. The molecule has 0 unspecified atom stereocenters. The fraction of sp³-hybridized carbons (Fsp3) is 0.625. The molecule has 0 bridgehead atoms. The normalized spacial score (nSPS) is 17.2. The molecule has 2 nitrogen and oxygen atoms in total. The van der Waals surface area contributed by atoms with Crippen LogP contribution in [0.3, 0.4) is 0 Å². The van der Waals surface area contributed by atoms with Crippen molar-refractivity contribution in [3.63, 3.8) is 0 Å². The van der Waals surface area contributed by atoms with Gasteiger partial charge in [0.1, 0.15) is 0 Å². The summed E-state index contributed by atoms with van der Waals surface area (Å²) in [5.74, 6) is 0. The van der Waals surface area contributed by atoms with Gasteiger partial charge in [0.15, 0.2) is 0 Å². The molecule has 2 rings (SSSR count). The molecule has 0 aliphatic heterocycles. The molecule has 1 aromatic heterocycles. The first kappa shape index (κ1) is 13.5. The van der Waals surface area contributed by atoms with Crippen molar-refractivity contribution in [2.75, 3.05) is 13.6 Å². The average molecular weight is 245 g/mol. The fourth-order valence-corrected chi connectivity index (χ4v) is 2.77. The molecule has 99 valence electrons. The summed E-state index contributed by atoms with van der Waals surface area (Å²) in [6.07, 6.45) is 13.5. The molecule has 18 heavy (non-hydrogen) atoms. The van der Waals surface area contributed by atoms with Crippen LogP contribution in [0.2, 0.25) is 0 Å². The highest BCUT2D eigenvalue weighted by atomic mass is 15.1. The SMILES string of the molecule is CN(CC[CH]Cc1ccccn1)C1CCCCC1. The zero-order valence-electron chi connectivity index (χ0n) is 11.5. The van der Waals surface area contributed by atoms with Gasteiger partial charge in [0, 0.05) is 17.9 Å². The Morgan fingerprint density at radius 2 is 2.11 bits per heavy atom. The minimum Gasteiger partial charge on any atom is -0.303 e. The van der Waals surface area contributed by atoms with Gasteiger partial charge in [-0.2, -0.15) is 0 Å². The Bertz CT molecular complexity index is 317. The summed E-state index contributed by atoms with van der Waals surface area (Å²) in [5.41, 5.74) is 1.18. The molecule has 0 spiro atoms. The van der Waals surface area contributed by atoms with Crippen LogP contribution in [0, 0.1) is 6.42 Å². The van der Waals surface area contributed by atoms with Gasteiger partial charge in [0.2, 0.25) is 0 Å². The molecule has 0 atom stereocenters. The van der Waals surface area contributed by atoms with Gasteiger partial charge in [-0.15, -0.1) is 0 Å². The van der Waals surface area contributed by atoms with E-state index in [1.165, 1.54) is 50.8 Å². The first-order valence-electron chi connectivity index (χ1n) is 7.28. The second-order valence-electron chi connectivity index (χ2n) is 5.37. The highest BCUT2D eigenvalue weighted by molar-refractivity contribution is 5.05. The standard InChI is InChI=1S/C16H25N2/c1-18(16-11-3-2-4-12-16)14-8-6-10-15-9-5-7-13-17-15/h5-7,9,13,16H,2-4,8,10-12,14H2,1H3. The van der Waals surface area contributed by atoms with E-state index in [-0.39, 0.29) is 0 Å². The second kappa shape index (κ2) is 7.52. The molecule has 1 radical (unpaired) electrons. The number of unbranched alkanes of at least 4 members (excludes halogenated alkanes) is 1. The summed E-state index contributed by atoms with van der Waals surface area (Å²) in [4.78, 5) is 6.89. The van der Waals surface area contributed by atoms with Crippen molar-refractivity contribution < 1.29 is 0 Å². The molecule has 0 aromatic carbocycles. The third kappa shape index (κ3) is 4.41. The predicted molar refractivity (Wildman–Crippen MR) is 76.4 cm³/mol. The van der Waals surface area contributed by atoms with Crippen LogP contribution in [-0.4, -0.2) is 29.5 Å². The molecule has 0 N–H and O–H groups in total. The summed E-state index contributed by atoms with van der Waals surface area (Å²) in [5, 5.41) is 0. The monoisotopic (exact) mass is 245 g/mol. The van der Waals surface area contributed by atoms with E-state index in [2.05, 4.69) is 35.5 Å². The van der Waals surface area contributed by atoms with Gasteiger partial charge in [-0.1, -0.05) is 25.3 Å². The smallest absolute Gasteiger partial charge is 0.0406 e. The Morgan fingerprint density at radius 1 is 1.28 bits per heavy atom. The van der Waals surface area contributed by atoms with Crippen molar-refractivity contribution in [1.29, 1.82) is 0 Å². The van der Waals surface area contributed by atoms with E-state index < -0.39 is 0 Å². The van der Waals surface area contributed by atoms with Crippen molar-refractivity contribution >= 4 is 0 Å². The zero-order chi connectivity index (χ0) is 12.6. The third-order valence-corrected chi connectivity index (χ3v) is 3.96. The Kier molecular flexibility index (Phi) is 5.66. The Balaban J connectivity index is 1.60. The summed E-state index contributed by atoms with van der Waals surface area (Å²) in [6.45, 7) is 1.19. The number of aromatic nitrogens is 1. The van der Waals surface area contributed by atoms with E-state index in [1.807, 2.05) is 12.3 Å². The fourth-order valence-electron chi connectivity index (χ4n) is 2.77. The van der Waals surface area contributed by atoms with Crippen LogP contribution in [0.25, 0.3) is 0 Å². The number of hydrogen-bond acceptors (Lipinski definition) is 2. The summed E-state index contributed by atoms with van der Waals surface area (Å²) < 4.78 is 0. The van der Waals surface area contributed by atoms with Gasteiger partial charge in [-0.25, -0.2) is 0 Å². The lowest BCUT2D eigenvalue weighted by atomic mass is 9.94. The molecule has 1 aliphatic rings. The van der Waals surface area contributed by atoms with E-state index in [0.717, 1.165) is 12.5 Å². The molecule has 1 saturated carbocycles. The van der Waals surface area contributed by atoms with E-state index in [0.29, 0.717) is 0 Å². The van der Waals surface area contributed by atoms with Gasteiger partial charge >= 0.3 is 0 Å². The molecular formula is C16H25N2. The van der Waals surface area contributed by atoms with E-state index in [4.69, 9.17) is 0 Å². The highest BCUT2D eigenvalue weighted by Gasteiger charge is 2.17. The average Bonchev–Trinajstić information content (AvgIpc) is 2.45. The van der Waals surface area contributed by atoms with Crippen LogP contribution < -0.4 is 0 Å². The summed E-state index contributed by atoms with van der Waals surface area (Å²) in [6, 6.07) is 6.97. The Morgan fingerprint density at radius 3 is 2.83 bits per heavy atom. The van der Waals surface area contributed by atoms with Gasteiger partial charge in [0.25, 0.3) is 0 Å². The van der Waals surface area contributed by atoms with Crippen LogP contribution in [-0.2, 0) is 6.42 Å². The maximum absolute atomic E-state index is 4.34. The van der Waals surface area contributed by atoms with Crippen LogP contribution in [0.5, 0.6) is 0 Å². The molecule has 0 saturated heterocycles. The molecule has 1 aromatic rings. The van der Waals surface area contributed by atoms with Crippen molar-refractivity contribution in [2.24, 2.45) is 0 Å². The maximum atomic E-state index is 4.34. The zero-order valence-corrected chi connectivity index (χ0v) is 11.5. The van der Waals surface area contributed by atoms with E-state index in [1.54, 1.807) is 0 Å². The summed E-state index contributed by atoms with van der Waals surface area (Å²) >= 11 is 0. The van der Waals surface area contributed by atoms with E-state index >= 15 is 0 Å². The van der Waals surface area contributed by atoms with Crippen molar-refractivity contribution in [3.8, 4) is 0 Å². The van der Waals surface area contributed by atoms with Crippen molar-refractivity contribution in [2.45, 2.75) is 51.0 Å². The second-order valence-corrected chi connectivity index (χ2v) is 5.37. The number of hydrogen-bond donors (Lipinski definition) is 0. The van der Waals surface area contributed by atoms with Crippen LogP contribution in [0.1, 0.15) is 44.2 Å². The molecule has 2 heteroatoms. The molecule has 0 amide bonds. The van der Waals surface area contributed by atoms with Crippen LogP contribution in [0.4, 0.5) is 0 Å². The van der Waals surface area contributed by atoms with Crippen LogP contribution >= 0.6 is 0 Å².